The van der Waals surface area contributed by atoms with Crippen LogP contribution in [0.5, 0.6) is 0 Å². The number of H-pyrrole nitrogens is 1. The van der Waals surface area contributed by atoms with Crippen LogP contribution in [-0.4, -0.2) is 40.7 Å². The highest BCUT2D eigenvalue weighted by molar-refractivity contribution is 5.95. The van der Waals surface area contributed by atoms with E-state index in [9.17, 15) is 9.90 Å². The van der Waals surface area contributed by atoms with Crippen molar-refractivity contribution in [1.29, 1.82) is 0 Å². The first-order valence-electron chi connectivity index (χ1n) is 9.08. The van der Waals surface area contributed by atoms with Gasteiger partial charge in [-0.1, -0.05) is 25.1 Å². The van der Waals surface area contributed by atoms with Gasteiger partial charge in [-0.05, 0) is 42.3 Å². The average Bonchev–Trinajstić information content (AvgIpc) is 3.08. The minimum absolute atomic E-state index is 0.0421. The van der Waals surface area contributed by atoms with E-state index in [1.54, 1.807) is 6.92 Å². The summed E-state index contributed by atoms with van der Waals surface area (Å²) in [6.45, 7) is 5.77. The third-order valence-electron chi connectivity index (χ3n) is 4.93. The van der Waals surface area contributed by atoms with Crippen molar-refractivity contribution in [2.24, 2.45) is 5.41 Å². The summed E-state index contributed by atoms with van der Waals surface area (Å²) < 4.78 is 5.23. The molecule has 1 aliphatic heterocycles. The van der Waals surface area contributed by atoms with E-state index in [2.05, 4.69) is 22.2 Å². The van der Waals surface area contributed by atoms with Crippen LogP contribution >= 0.6 is 0 Å². The summed E-state index contributed by atoms with van der Waals surface area (Å²) in [7, 11) is 0. The van der Waals surface area contributed by atoms with Crippen LogP contribution < -0.4 is 5.32 Å². The van der Waals surface area contributed by atoms with E-state index >= 15 is 0 Å². The number of carbonyl (C=O) groups is 1. The maximum absolute atomic E-state index is 12.5. The Hall–Kier alpha value is -2.70. The minimum Gasteiger partial charge on any atom is -0.385 e. The molecule has 3 aromatic rings. The third-order valence-corrected chi connectivity index (χ3v) is 4.93. The zero-order chi connectivity index (χ0) is 19.0. The van der Waals surface area contributed by atoms with Gasteiger partial charge in [0.15, 0.2) is 0 Å². The number of nitrogens with zero attached hydrogens (tertiary/aromatic N) is 1. The number of aliphatic hydroxyl groups is 1. The van der Waals surface area contributed by atoms with Crippen molar-refractivity contribution in [2.75, 3.05) is 19.8 Å². The zero-order valence-corrected chi connectivity index (χ0v) is 15.5. The first kappa shape index (κ1) is 17.7. The number of benzene rings is 2. The molecule has 1 saturated heterocycles. The standard InChI is InChI=1S/C21H23N3O3/c1-13(25)19-23-17-7-6-15(9-18(17)24-19)14-4-3-5-16(8-14)20(26)22-10-21(2)11-27-12-21/h3-9,13,25H,10-12H2,1-2H3,(H,22,26)(H,23,24)/t13-/m1/s1. The van der Waals surface area contributed by atoms with Gasteiger partial charge in [-0.2, -0.15) is 0 Å². The van der Waals surface area contributed by atoms with Crippen LogP contribution in [0.3, 0.4) is 0 Å². The topological polar surface area (TPSA) is 87.2 Å². The second-order valence-corrected chi connectivity index (χ2v) is 7.60. The summed E-state index contributed by atoms with van der Waals surface area (Å²) in [6, 6.07) is 13.4. The lowest BCUT2D eigenvalue weighted by Gasteiger charge is -2.38. The first-order chi connectivity index (χ1) is 12.9. The van der Waals surface area contributed by atoms with Crippen LogP contribution in [0.4, 0.5) is 0 Å². The molecule has 4 rings (SSSR count). The van der Waals surface area contributed by atoms with E-state index in [0.29, 0.717) is 31.1 Å². The molecule has 140 valence electrons. The molecule has 0 saturated carbocycles. The van der Waals surface area contributed by atoms with Gasteiger partial charge in [0.25, 0.3) is 5.91 Å². The molecular formula is C21H23N3O3. The van der Waals surface area contributed by atoms with Crippen molar-refractivity contribution < 1.29 is 14.6 Å². The smallest absolute Gasteiger partial charge is 0.251 e. The number of carbonyl (C=O) groups excluding carboxylic acids is 1. The maximum atomic E-state index is 12.5. The highest BCUT2D eigenvalue weighted by atomic mass is 16.5. The second-order valence-electron chi connectivity index (χ2n) is 7.60. The molecule has 0 bridgehead atoms. The summed E-state index contributed by atoms with van der Waals surface area (Å²) in [5, 5.41) is 12.7. The molecule has 2 heterocycles. The molecule has 3 N–H and O–H groups in total. The maximum Gasteiger partial charge on any atom is 0.251 e. The van der Waals surface area contributed by atoms with E-state index in [0.717, 1.165) is 22.2 Å². The van der Waals surface area contributed by atoms with Gasteiger partial charge < -0.3 is 20.1 Å². The Morgan fingerprint density at radius 3 is 2.78 bits per heavy atom. The van der Waals surface area contributed by atoms with Crippen molar-refractivity contribution in [3.63, 3.8) is 0 Å². The number of hydrogen-bond donors (Lipinski definition) is 3. The molecule has 2 aromatic carbocycles. The Kier molecular flexibility index (Phi) is 4.45. The number of aliphatic hydroxyl groups excluding tert-OH is 1. The Labute approximate surface area is 157 Å². The first-order valence-corrected chi connectivity index (χ1v) is 9.08. The summed E-state index contributed by atoms with van der Waals surface area (Å²) in [6.07, 6.45) is -0.643. The van der Waals surface area contributed by atoms with Crippen molar-refractivity contribution >= 4 is 16.9 Å². The number of nitrogens with one attached hydrogen (secondary N) is 2. The zero-order valence-electron chi connectivity index (χ0n) is 15.5. The van der Waals surface area contributed by atoms with Crippen molar-refractivity contribution in [3.05, 3.63) is 53.9 Å². The van der Waals surface area contributed by atoms with Crippen LogP contribution in [0.15, 0.2) is 42.5 Å². The highest BCUT2D eigenvalue weighted by Gasteiger charge is 2.33. The molecule has 0 radical (unpaired) electrons. The van der Waals surface area contributed by atoms with Gasteiger partial charge in [-0.3, -0.25) is 4.79 Å². The second kappa shape index (κ2) is 6.79. The van der Waals surface area contributed by atoms with E-state index in [4.69, 9.17) is 4.74 Å². The number of fused-ring (bicyclic) bond motifs is 1. The molecule has 1 aromatic heterocycles. The number of imidazole rings is 1. The van der Waals surface area contributed by atoms with Crippen molar-refractivity contribution in [2.45, 2.75) is 20.0 Å². The molecule has 0 unspecified atom stereocenters. The number of aromatic nitrogens is 2. The molecule has 1 amide bonds. The lowest BCUT2D eigenvalue weighted by molar-refractivity contribution is -0.0978. The fourth-order valence-corrected chi connectivity index (χ4v) is 3.20. The predicted octanol–water partition coefficient (Wildman–Crippen LogP) is 3.05. The molecular weight excluding hydrogens is 342 g/mol. The number of aromatic amines is 1. The minimum atomic E-state index is -0.643. The van der Waals surface area contributed by atoms with Crippen molar-refractivity contribution in [1.82, 2.24) is 15.3 Å². The third kappa shape index (κ3) is 3.59. The average molecular weight is 365 g/mol. The highest BCUT2D eigenvalue weighted by Crippen LogP contribution is 2.27. The van der Waals surface area contributed by atoms with Crippen LogP contribution in [0.2, 0.25) is 0 Å². The fraction of sp³-hybridized carbons (Fsp3) is 0.333. The van der Waals surface area contributed by atoms with Gasteiger partial charge in [-0.25, -0.2) is 4.98 Å². The van der Waals surface area contributed by atoms with Crippen molar-refractivity contribution in [3.8, 4) is 11.1 Å². The monoisotopic (exact) mass is 365 g/mol. The van der Waals surface area contributed by atoms with Gasteiger partial charge in [-0.15, -0.1) is 0 Å². The van der Waals surface area contributed by atoms with Crippen LogP contribution in [0.25, 0.3) is 22.2 Å². The Morgan fingerprint density at radius 2 is 2.07 bits per heavy atom. The Bertz CT molecular complexity index is 989. The van der Waals surface area contributed by atoms with E-state index in [-0.39, 0.29) is 11.3 Å². The molecule has 1 fully saturated rings. The van der Waals surface area contributed by atoms with E-state index < -0.39 is 6.10 Å². The van der Waals surface area contributed by atoms with Gasteiger partial charge in [0.05, 0.1) is 24.2 Å². The summed E-state index contributed by atoms with van der Waals surface area (Å²) in [5.74, 6) is 0.465. The van der Waals surface area contributed by atoms with Crippen LogP contribution in [0.1, 0.15) is 36.1 Å². The van der Waals surface area contributed by atoms with Gasteiger partial charge in [0.1, 0.15) is 11.9 Å². The molecule has 1 aliphatic rings. The van der Waals surface area contributed by atoms with Gasteiger partial charge in [0, 0.05) is 17.5 Å². The number of rotatable bonds is 5. The summed E-state index contributed by atoms with van der Waals surface area (Å²) >= 11 is 0. The van der Waals surface area contributed by atoms with Gasteiger partial charge >= 0.3 is 0 Å². The molecule has 6 heteroatoms. The molecule has 1 atom stereocenters. The number of amides is 1. The van der Waals surface area contributed by atoms with E-state index in [1.165, 1.54) is 0 Å². The lowest BCUT2D eigenvalue weighted by Crippen LogP contribution is -2.48. The Balaban J connectivity index is 1.56. The Morgan fingerprint density at radius 1 is 1.30 bits per heavy atom. The summed E-state index contributed by atoms with van der Waals surface area (Å²) in [4.78, 5) is 20.0. The normalized spacial score (nSPS) is 16.7. The molecule has 6 nitrogen and oxygen atoms in total. The fourth-order valence-electron chi connectivity index (χ4n) is 3.20. The quantitative estimate of drug-likeness (QED) is 0.648. The van der Waals surface area contributed by atoms with Crippen LogP contribution in [-0.2, 0) is 4.74 Å². The largest absolute Gasteiger partial charge is 0.385 e. The number of hydrogen-bond acceptors (Lipinski definition) is 4. The predicted molar refractivity (Wildman–Crippen MR) is 103 cm³/mol. The summed E-state index contributed by atoms with van der Waals surface area (Å²) in [5.41, 5.74) is 4.27. The molecule has 27 heavy (non-hydrogen) atoms. The lowest BCUT2D eigenvalue weighted by atomic mass is 9.88. The SMILES string of the molecule is C[C@@H](O)c1nc2ccc(-c3cccc(C(=O)NCC4(C)COC4)c3)cc2[nH]1. The van der Waals surface area contributed by atoms with Crippen LogP contribution in [0, 0.1) is 5.41 Å². The molecule has 0 aliphatic carbocycles. The van der Waals surface area contributed by atoms with Gasteiger partial charge in [0.2, 0.25) is 0 Å². The molecule has 0 spiro atoms. The van der Waals surface area contributed by atoms with E-state index in [1.807, 2.05) is 42.5 Å². The number of ether oxygens (including phenoxy) is 1.